The van der Waals surface area contributed by atoms with Gasteiger partial charge in [0.15, 0.2) is 0 Å². The number of nitrogens with zero attached hydrogens (tertiary/aromatic N) is 1. The Labute approximate surface area is 164 Å². The van der Waals surface area contributed by atoms with Crippen molar-refractivity contribution in [2.45, 2.75) is 26.3 Å². The standard InChI is InChI=1S/C22H24N4O2/c1-2-3-13-23-21(27)18-11-9-16(10-12-18)15-24-22(28)20-14-19(25-26-20)17-7-5-4-6-8-17/h4-12,14H,2-3,13,15H2,1H3,(H,23,27)(H,24,28)(H,25,26). The van der Waals surface area contributed by atoms with Crippen molar-refractivity contribution in [1.29, 1.82) is 0 Å². The molecule has 3 rings (SSSR count). The molecule has 0 saturated heterocycles. The molecule has 28 heavy (non-hydrogen) atoms. The summed E-state index contributed by atoms with van der Waals surface area (Å²) in [6.07, 6.45) is 2.01. The Morgan fingerprint density at radius 2 is 1.71 bits per heavy atom. The number of nitrogens with one attached hydrogen (secondary N) is 3. The first-order chi connectivity index (χ1) is 13.7. The molecule has 0 spiro atoms. The monoisotopic (exact) mass is 376 g/mol. The maximum Gasteiger partial charge on any atom is 0.269 e. The topological polar surface area (TPSA) is 86.9 Å². The Bertz CT molecular complexity index is 917. The van der Waals surface area contributed by atoms with Crippen molar-refractivity contribution in [2.24, 2.45) is 0 Å². The summed E-state index contributed by atoms with van der Waals surface area (Å²) in [7, 11) is 0. The maximum absolute atomic E-state index is 12.3. The summed E-state index contributed by atoms with van der Waals surface area (Å²) < 4.78 is 0. The lowest BCUT2D eigenvalue weighted by Crippen LogP contribution is -2.25. The van der Waals surface area contributed by atoms with Crippen LogP contribution in [0.5, 0.6) is 0 Å². The molecule has 0 aliphatic carbocycles. The number of unbranched alkanes of at least 4 members (excludes halogenated alkanes) is 1. The molecule has 2 amide bonds. The molecule has 2 aromatic carbocycles. The highest BCUT2D eigenvalue weighted by atomic mass is 16.2. The molecule has 0 atom stereocenters. The van der Waals surface area contributed by atoms with Gasteiger partial charge in [0.25, 0.3) is 11.8 Å². The quantitative estimate of drug-likeness (QED) is 0.526. The van der Waals surface area contributed by atoms with E-state index in [0.717, 1.165) is 29.7 Å². The first-order valence-corrected chi connectivity index (χ1v) is 9.43. The van der Waals surface area contributed by atoms with Gasteiger partial charge in [-0.25, -0.2) is 0 Å². The smallest absolute Gasteiger partial charge is 0.269 e. The number of aromatic nitrogens is 2. The number of hydrogen-bond acceptors (Lipinski definition) is 3. The number of benzene rings is 2. The molecular formula is C22H24N4O2. The van der Waals surface area contributed by atoms with Gasteiger partial charge >= 0.3 is 0 Å². The van der Waals surface area contributed by atoms with E-state index in [9.17, 15) is 9.59 Å². The van der Waals surface area contributed by atoms with Crippen molar-refractivity contribution in [3.8, 4) is 11.3 Å². The second-order valence-electron chi connectivity index (χ2n) is 6.52. The van der Waals surface area contributed by atoms with E-state index in [-0.39, 0.29) is 11.8 Å². The van der Waals surface area contributed by atoms with Crippen LogP contribution in [0, 0.1) is 0 Å². The predicted molar refractivity (Wildman–Crippen MR) is 109 cm³/mol. The molecule has 0 radical (unpaired) electrons. The molecule has 0 fully saturated rings. The van der Waals surface area contributed by atoms with E-state index in [1.807, 2.05) is 42.5 Å². The molecule has 6 heteroatoms. The fourth-order valence-corrected chi connectivity index (χ4v) is 2.73. The van der Waals surface area contributed by atoms with E-state index in [0.29, 0.717) is 24.3 Å². The number of rotatable bonds is 8. The average molecular weight is 376 g/mol. The van der Waals surface area contributed by atoms with Crippen LogP contribution >= 0.6 is 0 Å². The summed E-state index contributed by atoms with van der Waals surface area (Å²) >= 11 is 0. The Balaban J connectivity index is 1.53. The predicted octanol–water partition coefficient (Wildman–Crippen LogP) is 3.54. The van der Waals surface area contributed by atoms with E-state index in [2.05, 4.69) is 27.8 Å². The molecule has 0 saturated carbocycles. The van der Waals surface area contributed by atoms with E-state index < -0.39 is 0 Å². The summed E-state index contributed by atoms with van der Waals surface area (Å²) in [5.74, 6) is -0.300. The Morgan fingerprint density at radius 3 is 2.43 bits per heavy atom. The number of carbonyl (C=O) groups is 2. The molecule has 1 aromatic heterocycles. The minimum atomic E-state index is -0.226. The van der Waals surface area contributed by atoms with Gasteiger partial charge in [-0.2, -0.15) is 5.10 Å². The van der Waals surface area contributed by atoms with Gasteiger partial charge in [-0.1, -0.05) is 55.8 Å². The van der Waals surface area contributed by atoms with Crippen LogP contribution in [0.3, 0.4) is 0 Å². The van der Waals surface area contributed by atoms with Crippen LogP contribution in [0.4, 0.5) is 0 Å². The minimum absolute atomic E-state index is 0.0741. The lowest BCUT2D eigenvalue weighted by Gasteiger charge is -2.07. The van der Waals surface area contributed by atoms with Crippen LogP contribution in [-0.2, 0) is 6.54 Å². The SMILES string of the molecule is CCCCNC(=O)c1ccc(CNC(=O)c2cc(-c3ccccc3)n[nH]2)cc1. The molecule has 144 valence electrons. The fourth-order valence-electron chi connectivity index (χ4n) is 2.73. The zero-order valence-corrected chi connectivity index (χ0v) is 15.9. The highest BCUT2D eigenvalue weighted by molar-refractivity contribution is 5.94. The Hall–Kier alpha value is -3.41. The van der Waals surface area contributed by atoms with Crippen molar-refractivity contribution >= 4 is 11.8 Å². The normalized spacial score (nSPS) is 10.5. The lowest BCUT2D eigenvalue weighted by molar-refractivity contribution is 0.0939. The molecule has 1 heterocycles. The van der Waals surface area contributed by atoms with Crippen molar-refractivity contribution in [2.75, 3.05) is 6.54 Å². The summed E-state index contributed by atoms with van der Waals surface area (Å²) in [6.45, 7) is 3.14. The average Bonchev–Trinajstić information content (AvgIpc) is 3.23. The molecule has 3 N–H and O–H groups in total. The van der Waals surface area contributed by atoms with Crippen LogP contribution in [0.1, 0.15) is 46.2 Å². The third kappa shape index (κ3) is 5.07. The zero-order chi connectivity index (χ0) is 19.8. The van der Waals surface area contributed by atoms with Gasteiger partial charge in [0.2, 0.25) is 0 Å². The van der Waals surface area contributed by atoms with Crippen LogP contribution in [0.15, 0.2) is 60.7 Å². The second kappa shape index (κ2) is 9.50. The van der Waals surface area contributed by atoms with E-state index in [4.69, 9.17) is 0 Å². The van der Waals surface area contributed by atoms with Gasteiger partial charge in [0.05, 0.1) is 5.69 Å². The molecule has 3 aromatic rings. The highest BCUT2D eigenvalue weighted by Gasteiger charge is 2.11. The number of carbonyl (C=O) groups excluding carboxylic acids is 2. The third-order valence-electron chi connectivity index (χ3n) is 4.38. The van der Waals surface area contributed by atoms with Crippen LogP contribution in [0.2, 0.25) is 0 Å². The molecule has 6 nitrogen and oxygen atoms in total. The van der Waals surface area contributed by atoms with Crippen LogP contribution < -0.4 is 10.6 Å². The maximum atomic E-state index is 12.3. The first kappa shape index (κ1) is 19.4. The van der Waals surface area contributed by atoms with E-state index in [1.165, 1.54) is 0 Å². The molecular weight excluding hydrogens is 352 g/mol. The molecule has 0 aliphatic heterocycles. The van der Waals surface area contributed by atoms with Crippen molar-refractivity contribution in [3.05, 3.63) is 77.5 Å². The van der Waals surface area contributed by atoms with E-state index >= 15 is 0 Å². The van der Waals surface area contributed by atoms with Crippen molar-refractivity contribution < 1.29 is 9.59 Å². The number of H-pyrrole nitrogens is 1. The summed E-state index contributed by atoms with van der Waals surface area (Å²) in [5.41, 5.74) is 3.62. The largest absolute Gasteiger partial charge is 0.352 e. The second-order valence-corrected chi connectivity index (χ2v) is 6.52. The Kier molecular flexibility index (Phi) is 6.57. The first-order valence-electron chi connectivity index (χ1n) is 9.43. The third-order valence-corrected chi connectivity index (χ3v) is 4.38. The summed E-state index contributed by atoms with van der Waals surface area (Å²) in [5, 5.41) is 12.7. The molecule has 0 bridgehead atoms. The Morgan fingerprint density at radius 1 is 0.964 bits per heavy atom. The van der Waals surface area contributed by atoms with Gasteiger partial charge in [-0.05, 0) is 30.2 Å². The number of hydrogen-bond donors (Lipinski definition) is 3. The number of amides is 2. The van der Waals surface area contributed by atoms with Gasteiger partial charge < -0.3 is 10.6 Å². The van der Waals surface area contributed by atoms with Gasteiger partial charge in [0.1, 0.15) is 5.69 Å². The van der Waals surface area contributed by atoms with Gasteiger partial charge in [-0.3, -0.25) is 14.7 Å². The fraction of sp³-hybridized carbons (Fsp3) is 0.227. The highest BCUT2D eigenvalue weighted by Crippen LogP contribution is 2.16. The minimum Gasteiger partial charge on any atom is -0.352 e. The van der Waals surface area contributed by atoms with E-state index in [1.54, 1.807) is 18.2 Å². The molecule has 0 aliphatic rings. The summed E-state index contributed by atoms with van der Waals surface area (Å²) in [4.78, 5) is 24.3. The lowest BCUT2D eigenvalue weighted by atomic mass is 10.1. The van der Waals surface area contributed by atoms with Gasteiger partial charge in [0, 0.05) is 24.2 Å². The summed E-state index contributed by atoms with van der Waals surface area (Å²) in [6, 6.07) is 18.6. The number of aromatic amines is 1. The molecule has 0 unspecified atom stereocenters. The zero-order valence-electron chi connectivity index (χ0n) is 15.9. The van der Waals surface area contributed by atoms with Crippen LogP contribution in [-0.4, -0.2) is 28.6 Å². The van der Waals surface area contributed by atoms with Crippen molar-refractivity contribution in [3.63, 3.8) is 0 Å². The van der Waals surface area contributed by atoms with Crippen LogP contribution in [0.25, 0.3) is 11.3 Å². The van der Waals surface area contributed by atoms with Crippen molar-refractivity contribution in [1.82, 2.24) is 20.8 Å². The van der Waals surface area contributed by atoms with Gasteiger partial charge in [-0.15, -0.1) is 0 Å².